The lowest BCUT2D eigenvalue weighted by Gasteiger charge is -2.46. The Hall–Kier alpha value is -3.82. The van der Waals surface area contributed by atoms with Gasteiger partial charge in [0.25, 0.3) is 0 Å². The summed E-state index contributed by atoms with van der Waals surface area (Å²) in [6.07, 6.45) is 3.36. The molecule has 0 radical (unpaired) electrons. The zero-order valence-corrected chi connectivity index (χ0v) is 18.7. The molecule has 0 bridgehead atoms. The summed E-state index contributed by atoms with van der Waals surface area (Å²) < 4.78 is 12.3. The van der Waals surface area contributed by atoms with Crippen molar-refractivity contribution in [3.8, 4) is 5.75 Å². The molecule has 0 aliphatic carbocycles. The Balaban J connectivity index is 1.29. The number of hydrogen-bond donors (Lipinski definition) is 1. The number of ether oxygens (including phenoxy) is 1. The molecule has 1 fully saturated rings. The van der Waals surface area contributed by atoms with E-state index in [9.17, 15) is 9.59 Å². The van der Waals surface area contributed by atoms with Gasteiger partial charge in [-0.3, -0.25) is 9.69 Å². The van der Waals surface area contributed by atoms with Gasteiger partial charge < -0.3 is 19.5 Å². The summed E-state index contributed by atoms with van der Waals surface area (Å²) in [5.74, 6) is 2.17. The lowest BCUT2D eigenvalue weighted by Crippen LogP contribution is -2.55. The fourth-order valence-electron chi connectivity index (χ4n) is 4.69. The highest BCUT2D eigenvalue weighted by Crippen LogP contribution is 2.41. The maximum atomic E-state index is 13.2. The van der Waals surface area contributed by atoms with E-state index in [1.807, 2.05) is 41.9 Å². The van der Waals surface area contributed by atoms with Crippen LogP contribution >= 0.6 is 0 Å². The molecule has 4 heterocycles. The molecule has 2 aliphatic heterocycles. The molecule has 33 heavy (non-hydrogen) atoms. The van der Waals surface area contributed by atoms with Crippen molar-refractivity contribution in [2.45, 2.75) is 38.3 Å². The van der Waals surface area contributed by atoms with Crippen molar-refractivity contribution in [3.63, 3.8) is 0 Å². The minimum atomic E-state index is -0.432. The Bertz CT molecular complexity index is 1180. The number of carbonyl (C=O) groups excluding carboxylic acids is 2. The number of amides is 3. The number of fused-ring (bicyclic) bond motifs is 2. The number of piperidine rings is 1. The van der Waals surface area contributed by atoms with Gasteiger partial charge in [0.15, 0.2) is 0 Å². The van der Waals surface area contributed by atoms with Crippen molar-refractivity contribution in [2.24, 2.45) is 0 Å². The number of anilines is 2. The SMILES string of the molecule is COc1cccc(NC(=O)N2CCC3(CC2)CC(=O)N(Cc2cc(C)on2)c2ccnn23)c1. The molecule has 1 aromatic carbocycles. The van der Waals surface area contributed by atoms with Crippen LogP contribution in [0.5, 0.6) is 5.75 Å². The number of rotatable bonds is 4. The van der Waals surface area contributed by atoms with Crippen molar-refractivity contribution in [3.05, 3.63) is 54.0 Å². The van der Waals surface area contributed by atoms with Crippen LogP contribution in [0.15, 0.2) is 47.1 Å². The van der Waals surface area contributed by atoms with E-state index >= 15 is 0 Å². The summed E-state index contributed by atoms with van der Waals surface area (Å²) in [6.45, 7) is 3.23. The molecule has 3 amide bonds. The highest BCUT2D eigenvalue weighted by Gasteiger charge is 2.46. The normalized spacial score (nSPS) is 17.2. The van der Waals surface area contributed by atoms with E-state index < -0.39 is 5.54 Å². The van der Waals surface area contributed by atoms with Crippen LogP contribution in [0.4, 0.5) is 16.3 Å². The molecule has 5 rings (SSSR count). The first-order valence-electron chi connectivity index (χ1n) is 10.9. The predicted molar refractivity (Wildman–Crippen MR) is 120 cm³/mol. The van der Waals surface area contributed by atoms with Gasteiger partial charge in [-0.1, -0.05) is 11.2 Å². The number of likely N-dealkylation sites (tertiary alicyclic amines) is 1. The fourth-order valence-corrected chi connectivity index (χ4v) is 4.69. The number of aryl methyl sites for hydroxylation is 1. The molecule has 2 aromatic heterocycles. The van der Waals surface area contributed by atoms with E-state index in [-0.39, 0.29) is 11.9 Å². The van der Waals surface area contributed by atoms with Crippen molar-refractivity contribution in [2.75, 3.05) is 30.4 Å². The summed E-state index contributed by atoms with van der Waals surface area (Å²) in [5, 5.41) is 11.5. The third kappa shape index (κ3) is 3.92. The molecular weight excluding hydrogens is 424 g/mol. The maximum absolute atomic E-state index is 13.2. The second-order valence-electron chi connectivity index (χ2n) is 8.56. The average molecular weight is 450 g/mol. The van der Waals surface area contributed by atoms with Gasteiger partial charge in [0.05, 0.1) is 31.8 Å². The Morgan fingerprint density at radius 2 is 2.06 bits per heavy atom. The third-order valence-electron chi connectivity index (χ3n) is 6.43. The summed E-state index contributed by atoms with van der Waals surface area (Å²) in [4.78, 5) is 29.5. The van der Waals surface area contributed by atoms with Gasteiger partial charge in [0.1, 0.15) is 23.0 Å². The summed E-state index contributed by atoms with van der Waals surface area (Å²) in [6, 6.07) is 10.8. The van der Waals surface area contributed by atoms with Crippen LogP contribution in [-0.2, 0) is 16.9 Å². The lowest BCUT2D eigenvalue weighted by molar-refractivity contribution is -0.123. The summed E-state index contributed by atoms with van der Waals surface area (Å²) in [5.41, 5.74) is 0.952. The second kappa shape index (κ2) is 8.27. The van der Waals surface area contributed by atoms with Gasteiger partial charge in [0.2, 0.25) is 5.91 Å². The molecule has 172 valence electrons. The van der Waals surface area contributed by atoms with Gasteiger partial charge >= 0.3 is 6.03 Å². The number of hydrogen-bond acceptors (Lipinski definition) is 6. The number of methoxy groups -OCH3 is 1. The molecule has 2 aliphatic rings. The summed E-state index contributed by atoms with van der Waals surface area (Å²) in [7, 11) is 1.59. The van der Waals surface area contributed by atoms with E-state index in [2.05, 4.69) is 15.6 Å². The fraction of sp³-hybridized carbons (Fsp3) is 0.391. The topological polar surface area (TPSA) is 106 Å². The monoisotopic (exact) mass is 450 g/mol. The molecule has 1 N–H and O–H groups in total. The van der Waals surface area contributed by atoms with E-state index in [4.69, 9.17) is 9.26 Å². The van der Waals surface area contributed by atoms with E-state index in [1.54, 1.807) is 29.2 Å². The molecule has 1 saturated heterocycles. The van der Waals surface area contributed by atoms with Crippen LogP contribution in [0.1, 0.15) is 30.7 Å². The Kier molecular flexibility index (Phi) is 5.27. The first-order chi connectivity index (χ1) is 16.0. The molecular formula is C23H26N6O4. The van der Waals surface area contributed by atoms with Crippen molar-refractivity contribution in [1.29, 1.82) is 0 Å². The highest BCUT2D eigenvalue weighted by molar-refractivity contribution is 5.94. The molecule has 10 heteroatoms. The van der Waals surface area contributed by atoms with Crippen molar-refractivity contribution >= 4 is 23.4 Å². The van der Waals surface area contributed by atoms with Crippen LogP contribution < -0.4 is 15.0 Å². The Morgan fingerprint density at radius 3 is 2.79 bits per heavy atom. The minimum Gasteiger partial charge on any atom is -0.497 e. The highest BCUT2D eigenvalue weighted by atomic mass is 16.5. The van der Waals surface area contributed by atoms with E-state index in [1.165, 1.54) is 0 Å². The average Bonchev–Trinajstić information content (AvgIpc) is 3.47. The lowest BCUT2D eigenvalue weighted by atomic mass is 9.82. The van der Waals surface area contributed by atoms with Gasteiger partial charge in [-0.05, 0) is 31.9 Å². The van der Waals surface area contributed by atoms with Gasteiger partial charge in [-0.2, -0.15) is 5.10 Å². The van der Waals surface area contributed by atoms with Crippen LogP contribution in [0.25, 0.3) is 0 Å². The molecule has 0 saturated carbocycles. The van der Waals surface area contributed by atoms with Crippen LogP contribution in [0.3, 0.4) is 0 Å². The molecule has 10 nitrogen and oxygen atoms in total. The zero-order chi connectivity index (χ0) is 23.0. The second-order valence-corrected chi connectivity index (χ2v) is 8.56. The number of aromatic nitrogens is 3. The number of urea groups is 1. The zero-order valence-electron chi connectivity index (χ0n) is 18.7. The molecule has 1 spiro atoms. The van der Waals surface area contributed by atoms with Gasteiger partial charge in [-0.25, -0.2) is 9.48 Å². The number of benzene rings is 1. The number of nitrogens with zero attached hydrogens (tertiary/aromatic N) is 5. The first-order valence-corrected chi connectivity index (χ1v) is 10.9. The molecule has 0 unspecified atom stereocenters. The third-order valence-corrected chi connectivity index (χ3v) is 6.43. The van der Waals surface area contributed by atoms with Crippen LogP contribution in [0.2, 0.25) is 0 Å². The van der Waals surface area contributed by atoms with Crippen molar-refractivity contribution in [1.82, 2.24) is 19.8 Å². The standard InChI is InChI=1S/C23H26N6O4/c1-16-12-18(26-33-16)15-28-20-6-9-24-29(20)23(14-21(28)30)7-10-27(11-8-23)22(31)25-17-4-3-5-19(13-17)32-2/h3-6,9,12-13H,7-8,10-11,14-15H2,1-2H3,(H,25,31). The van der Waals surface area contributed by atoms with Crippen LogP contribution in [0, 0.1) is 6.92 Å². The maximum Gasteiger partial charge on any atom is 0.321 e. The van der Waals surface area contributed by atoms with Crippen molar-refractivity contribution < 1.29 is 18.8 Å². The van der Waals surface area contributed by atoms with Gasteiger partial charge in [0, 0.05) is 37.0 Å². The number of nitrogens with one attached hydrogen (secondary N) is 1. The minimum absolute atomic E-state index is 0.0259. The summed E-state index contributed by atoms with van der Waals surface area (Å²) >= 11 is 0. The Morgan fingerprint density at radius 1 is 1.24 bits per heavy atom. The molecule has 3 aromatic rings. The largest absolute Gasteiger partial charge is 0.497 e. The van der Waals surface area contributed by atoms with Gasteiger partial charge in [-0.15, -0.1) is 0 Å². The smallest absolute Gasteiger partial charge is 0.321 e. The van der Waals surface area contributed by atoms with Crippen LogP contribution in [-0.4, -0.2) is 52.0 Å². The van der Waals surface area contributed by atoms with E-state index in [0.29, 0.717) is 61.8 Å². The number of carbonyl (C=O) groups is 2. The van der Waals surface area contributed by atoms with E-state index in [0.717, 1.165) is 5.82 Å². The first kappa shape index (κ1) is 21.0. The predicted octanol–water partition coefficient (Wildman–Crippen LogP) is 3.15. The quantitative estimate of drug-likeness (QED) is 0.655. The molecule has 0 atom stereocenters. The Labute approximate surface area is 191 Å².